The van der Waals surface area contributed by atoms with E-state index in [2.05, 4.69) is 9.58 Å². The number of carbonyl (C=O) groups is 1. The Labute approximate surface area is 88.8 Å². The van der Waals surface area contributed by atoms with Gasteiger partial charge in [-0.05, 0) is 12.5 Å². The topological polar surface area (TPSA) is 30.7 Å². The van der Waals surface area contributed by atoms with Gasteiger partial charge in [0.15, 0.2) is 5.69 Å². The van der Waals surface area contributed by atoms with Crippen LogP contribution in [0.1, 0.15) is 11.1 Å². The molecule has 0 saturated carbocycles. The zero-order valence-electron chi connectivity index (χ0n) is 8.65. The molecule has 15 heavy (non-hydrogen) atoms. The maximum Gasteiger partial charge on any atom is 0.330 e. The summed E-state index contributed by atoms with van der Waals surface area (Å²) in [5, 5.41) is 0. The van der Waals surface area contributed by atoms with Gasteiger partial charge in [0.1, 0.15) is 0 Å². The molecule has 0 aliphatic carbocycles. The van der Waals surface area contributed by atoms with Gasteiger partial charge in [0.05, 0.1) is 13.7 Å². The first kappa shape index (κ1) is 11.0. The van der Waals surface area contributed by atoms with Gasteiger partial charge in [0, 0.05) is 6.08 Å². The van der Waals surface area contributed by atoms with Gasteiger partial charge >= 0.3 is 5.97 Å². The lowest BCUT2D eigenvalue weighted by molar-refractivity contribution is -0.134. The van der Waals surface area contributed by atoms with Crippen LogP contribution in [0.2, 0.25) is 0 Å². The molecule has 0 saturated heterocycles. The van der Waals surface area contributed by atoms with Gasteiger partial charge in [0.25, 0.3) is 0 Å². The number of carbonyl (C=O) groups excluding carboxylic acids is 1. The predicted molar refractivity (Wildman–Crippen MR) is 58.5 cm³/mol. The molecule has 0 aromatic heterocycles. The Bertz CT molecular complexity index is 441. The molecule has 0 aliphatic heterocycles. The maximum absolute atomic E-state index is 10.9. The highest BCUT2D eigenvalue weighted by Gasteiger charge is 1.99. The van der Waals surface area contributed by atoms with Crippen LogP contribution in [0, 0.1) is 13.5 Å². The minimum absolute atomic E-state index is 0.424. The molecule has 1 aromatic carbocycles. The Balaban J connectivity index is 3.03. The number of nitrogens with zero attached hydrogens (tertiary/aromatic N) is 1. The molecule has 0 fully saturated rings. The van der Waals surface area contributed by atoms with Crippen LogP contribution >= 0.6 is 0 Å². The van der Waals surface area contributed by atoms with Crippen LogP contribution in [0.25, 0.3) is 10.9 Å². The number of methoxy groups -OCH3 is 1. The lowest BCUT2D eigenvalue weighted by Gasteiger charge is -1.99. The summed E-state index contributed by atoms with van der Waals surface area (Å²) in [5.74, 6) is -0.424. The van der Waals surface area contributed by atoms with E-state index in [9.17, 15) is 4.79 Å². The fraction of sp³-hybridized carbons (Fsp3) is 0.167. The van der Waals surface area contributed by atoms with Crippen LogP contribution in [-0.4, -0.2) is 13.1 Å². The van der Waals surface area contributed by atoms with E-state index in [1.165, 1.54) is 13.2 Å². The van der Waals surface area contributed by atoms with Crippen molar-refractivity contribution in [2.75, 3.05) is 7.11 Å². The van der Waals surface area contributed by atoms with Crippen molar-refractivity contribution < 1.29 is 9.53 Å². The number of aryl methyl sites for hydroxylation is 1. The van der Waals surface area contributed by atoms with E-state index in [4.69, 9.17) is 6.57 Å². The number of hydrogen-bond donors (Lipinski definition) is 0. The SMILES string of the molecule is [C-]#[N+]c1ccc(C)cc1/C=C/C(=O)OC. The van der Waals surface area contributed by atoms with Gasteiger partial charge in [-0.2, -0.15) is 0 Å². The van der Waals surface area contributed by atoms with Crippen molar-refractivity contribution in [1.82, 2.24) is 0 Å². The standard InChI is InChI=1S/C12H11NO2/c1-9-4-6-11(13-2)10(8-9)5-7-12(14)15-3/h4-8H,1,3H3/b7-5+. The monoisotopic (exact) mass is 201 g/mol. The van der Waals surface area contributed by atoms with Gasteiger partial charge in [-0.1, -0.05) is 29.8 Å². The highest BCUT2D eigenvalue weighted by molar-refractivity contribution is 5.88. The lowest BCUT2D eigenvalue weighted by Crippen LogP contribution is -1.93. The van der Waals surface area contributed by atoms with E-state index < -0.39 is 5.97 Å². The molecular weight excluding hydrogens is 190 g/mol. The predicted octanol–water partition coefficient (Wildman–Crippen LogP) is 2.73. The number of esters is 1. The quantitative estimate of drug-likeness (QED) is 0.418. The fourth-order valence-corrected chi connectivity index (χ4v) is 1.14. The summed E-state index contributed by atoms with van der Waals surface area (Å²) in [4.78, 5) is 14.2. The second-order valence-electron chi connectivity index (χ2n) is 3.03. The maximum atomic E-state index is 10.9. The number of rotatable bonds is 2. The molecule has 1 aromatic rings. The van der Waals surface area contributed by atoms with Gasteiger partial charge < -0.3 is 4.74 Å². The summed E-state index contributed by atoms with van der Waals surface area (Å²) >= 11 is 0. The third kappa shape index (κ3) is 2.96. The minimum Gasteiger partial charge on any atom is -0.466 e. The first-order valence-electron chi connectivity index (χ1n) is 4.41. The minimum atomic E-state index is -0.424. The summed E-state index contributed by atoms with van der Waals surface area (Å²) in [5.41, 5.74) is 2.31. The normalized spacial score (nSPS) is 9.93. The van der Waals surface area contributed by atoms with E-state index in [1.807, 2.05) is 19.1 Å². The molecule has 3 heteroatoms. The molecule has 0 unspecified atom stereocenters. The van der Waals surface area contributed by atoms with Crippen molar-refractivity contribution in [3.63, 3.8) is 0 Å². The van der Waals surface area contributed by atoms with Gasteiger partial charge in [-0.25, -0.2) is 9.64 Å². The Hall–Kier alpha value is -2.08. The summed E-state index contributed by atoms with van der Waals surface area (Å²) in [6, 6.07) is 5.45. The van der Waals surface area contributed by atoms with Crippen LogP contribution in [0.4, 0.5) is 5.69 Å². The fourth-order valence-electron chi connectivity index (χ4n) is 1.14. The molecule has 0 amide bonds. The average Bonchev–Trinajstić information content (AvgIpc) is 2.26. The van der Waals surface area contributed by atoms with Crippen molar-refractivity contribution >= 4 is 17.7 Å². The molecule has 3 nitrogen and oxygen atoms in total. The molecule has 1 rings (SSSR count). The molecule has 0 aliphatic rings. The van der Waals surface area contributed by atoms with Crippen molar-refractivity contribution in [3.8, 4) is 0 Å². The highest BCUT2D eigenvalue weighted by atomic mass is 16.5. The van der Waals surface area contributed by atoms with Gasteiger partial charge in [0.2, 0.25) is 0 Å². The van der Waals surface area contributed by atoms with Gasteiger partial charge in [-0.3, -0.25) is 0 Å². The third-order valence-electron chi connectivity index (χ3n) is 1.90. The van der Waals surface area contributed by atoms with Gasteiger partial charge in [-0.15, -0.1) is 0 Å². The number of ether oxygens (including phenoxy) is 1. The molecule has 0 N–H and O–H groups in total. The molecule has 0 atom stereocenters. The van der Waals surface area contributed by atoms with Crippen molar-refractivity contribution in [2.24, 2.45) is 0 Å². The first-order valence-corrected chi connectivity index (χ1v) is 4.41. The Morgan fingerprint density at radius 3 is 2.87 bits per heavy atom. The summed E-state index contributed by atoms with van der Waals surface area (Å²) in [7, 11) is 1.32. The molecule has 0 bridgehead atoms. The Morgan fingerprint density at radius 1 is 1.53 bits per heavy atom. The first-order chi connectivity index (χ1) is 7.17. The van der Waals surface area contributed by atoms with Crippen LogP contribution in [0.3, 0.4) is 0 Å². The highest BCUT2D eigenvalue weighted by Crippen LogP contribution is 2.21. The van der Waals surface area contributed by atoms with E-state index in [1.54, 1.807) is 12.1 Å². The molecule has 0 radical (unpaired) electrons. The average molecular weight is 201 g/mol. The molecule has 0 spiro atoms. The largest absolute Gasteiger partial charge is 0.466 e. The van der Waals surface area contributed by atoms with Crippen LogP contribution in [-0.2, 0) is 9.53 Å². The van der Waals surface area contributed by atoms with Crippen LogP contribution < -0.4 is 0 Å². The summed E-state index contributed by atoms with van der Waals surface area (Å²) in [6.07, 6.45) is 2.90. The molecule has 0 heterocycles. The van der Waals surface area contributed by atoms with E-state index >= 15 is 0 Å². The number of hydrogen-bond acceptors (Lipinski definition) is 2. The summed E-state index contributed by atoms with van der Waals surface area (Å²) in [6.45, 7) is 8.89. The zero-order chi connectivity index (χ0) is 11.3. The van der Waals surface area contributed by atoms with Crippen molar-refractivity contribution in [3.05, 3.63) is 46.8 Å². The van der Waals surface area contributed by atoms with E-state index in [0.29, 0.717) is 5.69 Å². The number of benzene rings is 1. The Morgan fingerprint density at radius 2 is 2.27 bits per heavy atom. The second-order valence-corrected chi connectivity index (χ2v) is 3.03. The lowest BCUT2D eigenvalue weighted by atomic mass is 10.1. The van der Waals surface area contributed by atoms with E-state index in [-0.39, 0.29) is 0 Å². The molecular formula is C12H11NO2. The van der Waals surface area contributed by atoms with Crippen LogP contribution in [0.15, 0.2) is 24.3 Å². The van der Waals surface area contributed by atoms with Crippen LogP contribution in [0.5, 0.6) is 0 Å². The molecule has 76 valence electrons. The van der Waals surface area contributed by atoms with E-state index in [0.717, 1.165) is 11.1 Å². The zero-order valence-corrected chi connectivity index (χ0v) is 8.65. The second kappa shape index (κ2) is 4.97. The smallest absolute Gasteiger partial charge is 0.330 e. The Kier molecular flexibility index (Phi) is 3.64. The summed E-state index contributed by atoms with van der Waals surface area (Å²) < 4.78 is 4.47. The van der Waals surface area contributed by atoms with Crippen molar-refractivity contribution in [1.29, 1.82) is 0 Å². The van der Waals surface area contributed by atoms with Crippen molar-refractivity contribution in [2.45, 2.75) is 6.92 Å². The third-order valence-corrected chi connectivity index (χ3v) is 1.90.